The zero-order valence-electron chi connectivity index (χ0n) is 16.9. The number of hydrogen-bond acceptors (Lipinski definition) is 7. The summed E-state index contributed by atoms with van der Waals surface area (Å²) in [7, 11) is 0. The van der Waals surface area contributed by atoms with E-state index in [1.807, 2.05) is 6.20 Å². The van der Waals surface area contributed by atoms with Crippen LogP contribution in [0.3, 0.4) is 0 Å². The highest BCUT2D eigenvalue weighted by atomic mass is 35.5. The van der Waals surface area contributed by atoms with Crippen LogP contribution in [0.5, 0.6) is 0 Å². The Morgan fingerprint density at radius 1 is 1.10 bits per heavy atom. The van der Waals surface area contributed by atoms with Crippen LogP contribution in [0.2, 0.25) is 10.0 Å². The van der Waals surface area contributed by atoms with E-state index in [4.69, 9.17) is 33.9 Å². The molecule has 4 rings (SSSR count). The predicted molar refractivity (Wildman–Crippen MR) is 124 cm³/mol. The Kier molecular flexibility index (Phi) is 6.92. The Labute approximate surface area is 190 Å². The van der Waals surface area contributed by atoms with E-state index in [0.717, 1.165) is 42.6 Å². The quantitative estimate of drug-likeness (QED) is 0.419. The maximum Gasteiger partial charge on any atom is 0.229 e. The number of nitrogens with one attached hydrogen (secondary N) is 2. The van der Waals surface area contributed by atoms with E-state index in [-0.39, 0.29) is 18.7 Å². The Morgan fingerprint density at radius 2 is 1.84 bits per heavy atom. The van der Waals surface area contributed by atoms with E-state index in [9.17, 15) is 5.11 Å². The second-order valence-electron chi connectivity index (χ2n) is 7.71. The minimum atomic E-state index is 0.0239. The normalized spacial score (nSPS) is 18.7. The molecule has 3 aromatic rings. The van der Waals surface area contributed by atoms with Crippen LogP contribution in [-0.2, 0) is 6.54 Å². The Bertz CT molecular complexity index is 1010. The predicted octanol–water partition coefficient (Wildman–Crippen LogP) is 4.06. The first-order chi connectivity index (χ1) is 15.0. The molecule has 0 radical (unpaired) electrons. The summed E-state index contributed by atoms with van der Waals surface area (Å²) in [5.74, 6) is 1.15. The van der Waals surface area contributed by atoms with Crippen LogP contribution >= 0.6 is 23.2 Å². The van der Waals surface area contributed by atoms with Gasteiger partial charge < -0.3 is 21.5 Å². The number of benzene rings is 1. The smallest absolute Gasteiger partial charge is 0.229 e. The summed E-state index contributed by atoms with van der Waals surface area (Å²) < 4.78 is 1.69. The molecule has 5 N–H and O–H groups in total. The van der Waals surface area contributed by atoms with Crippen LogP contribution < -0.4 is 16.4 Å². The lowest BCUT2D eigenvalue weighted by Crippen LogP contribution is -2.33. The summed E-state index contributed by atoms with van der Waals surface area (Å²) in [5, 5.41) is 21.3. The topological polar surface area (TPSA) is 114 Å². The van der Waals surface area contributed by atoms with Gasteiger partial charge in [0.05, 0.1) is 19.3 Å². The molecule has 10 heteroatoms. The molecular formula is C21H25Cl2N7O. The van der Waals surface area contributed by atoms with E-state index in [0.29, 0.717) is 28.2 Å². The third kappa shape index (κ3) is 5.65. The lowest BCUT2D eigenvalue weighted by Gasteiger charge is -2.28. The molecule has 2 heterocycles. The minimum Gasteiger partial charge on any atom is -0.394 e. The molecule has 1 aliphatic rings. The van der Waals surface area contributed by atoms with Gasteiger partial charge in [-0.1, -0.05) is 23.2 Å². The lowest BCUT2D eigenvalue weighted by atomic mass is 9.91. The number of rotatable bonds is 7. The van der Waals surface area contributed by atoms with Gasteiger partial charge in [0.15, 0.2) is 0 Å². The fraction of sp³-hybridized carbons (Fsp3) is 0.381. The van der Waals surface area contributed by atoms with Crippen molar-refractivity contribution in [2.75, 3.05) is 17.2 Å². The molecule has 0 spiro atoms. The Morgan fingerprint density at radius 3 is 2.55 bits per heavy atom. The third-order valence-electron chi connectivity index (χ3n) is 5.29. The second-order valence-corrected chi connectivity index (χ2v) is 8.58. The van der Waals surface area contributed by atoms with Crippen LogP contribution in [0.1, 0.15) is 25.7 Å². The first kappa shape index (κ1) is 21.8. The minimum absolute atomic E-state index is 0.0239. The Hall–Kier alpha value is -2.39. The second kappa shape index (κ2) is 9.82. The summed E-state index contributed by atoms with van der Waals surface area (Å²) in [4.78, 5) is 9.21. The van der Waals surface area contributed by atoms with E-state index in [2.05, 4.69) is 20.7 Å². The highest BCUT2D eigenvalue weighted by Crippen LogP contribution is 2.31. The van der Waals surface area contributed by atoms with Crippen molar-refractivity contribution in [2.24, 2.45) is 5.73 Å². The molecule has 0 atom stereocenters. The molecule has 1 aliphatic carbocycles. The number of hydrogen-bond donors (Lipinski definition) is 4. The van der Waals surface area contributed by atoms with Crippen molar-refractivity contribution in [3.05, 3.63) is 46.8 Å². The molecule has 8 nitrogen and oxygen atoms in total. The molecule has 0 unspecified atom stereocenters. The summed E-state index contributed by atoms with van der Waals surface area (Å²) >= 11 is 12.2. The molecule has 0 bridgehead atoms. The third-order valence-corrected chi connectivity index (χ3v) is 5.73. The van der Waals surface area contributed by atoms with E-state index in [1.165, 1.54) is 0 Å². The maximum atomic E-state index is 9.17. The fourth-order valence-corrected chi connectivity index (χ4v) is 4.23. The zero-order valence-corrected chi connectivity index (χ0v) is 18.4. The number of aromatic nitrogens is 4. The number of anilines is 3. The molecule has 1 saturated carbocycles. The highest BCUT2D eigenvalue weighted by molar-refractivity contribution is 6.35. The zero-order chi connectivity index (χ0) is 21.8. The number of nitrogens with zero attached hydrogens (tertiary/aromatic N) is 4. The van der Waals surface area contributed by atoms with Gasteiger partial charge in [0, 0.05) is 51.3 Å². The van der Waals surface area contributed by atoms with Crippen molar-refractivity contribution < 1.29 is 5.11 Å². The van der Waals surface area contributed by atoms with Crippen LogP contribution in [0, 0.1) is 0 Å². The maximum absolute atomic E-state index is 9.17. The molecule has 2 aromatic heterocycles. The molecule has 0 amide bonds. The van der Waals surface area contributed by atoms with Crippen molar-refractivity contribution in [3.8, 4) is 11.1 Å². The van der Waals surface area contributed by atoms with E-state index < -0.39 is 0 Å². The molecule has 1 fully saturated rings. The van der Waals surface area contributed by atoms with Gasteiger partial charge in [0.1, 0.15) is 5.82 Å². The van der Waals surface area contributed by atoms with Gasteiger partial charge in [-0.05, 0) is 43.9 Å². The van der Waals surface area contributed by atoms with Crippen LogP contribution in [-0.4, -0.2) is 43.5 Å². The van der Waals surface area contributed by atoms with Crippen molar-refractivity contribution in [2.45, 2.75) is 44.3 Å². The van der Waals surface area contributed by atoms with Crippen molar-refractivity contribution in [1.29, 1.82) is 0 Å². The Balaban J connectivity index is 1.63. The molecule has 164 valence electrons. The van der Waals surface area contributed by atoms with Gasteiger partial charge in [0.2, 0.25) is 5.95 Å². The molecule has 1 aromatic carbocycles. The summed E-state index contributed by atoms with van der Waals surface area (Å²) in [5.41, 5.74) is 8.48. The fourth-order valence-electron chi connectivity index (χ4n) is 3.70. The first-order valence-electron chi connectivity index (χ1n) is 10.3. The van der Waals surface area contributed by atoms with Crippen molar-refractivity contribution in [1.82, 2.24) is 19.7 Å². The summed E-state index contributed by atoms with van der Waals surface area (Å²) in [6.07, 6.45) is 9.33. The van der Waals surface area contributed by atoms with E-state index >= 15 is 0 Å². The lowest BCUT2D eigenvalue weighted by molar-refractivity contribution is 0.269. The van der Waals surface area contributed by atoms with Crippen LogP contribution in [0.4, 0.5) is 17.5 Å². The summed E-state index contributed by atoms with van der Waals surface area (Å²) in [6, 6.07) is 5.75. The summed E-state index contributed by atoms with van der Waals surface area (Å²) in [6.45, 7) is 0.454. The van der Waals surface area contributed by atoms with Gasteiger partial charge in [-0.25, -0.2) is 4.98 Å². The SMILES string of the molecule is NC1CCC(Nc2nc(Nc3cc(Cl)cc(Cl)c3)ncc2-c2cnn(CCO)c2)CC1. The molecule has 0 aliphatic heterocycles. The van der Waals surface area contributed by atoms with E-state index in [1.54, 1.807) is 35.3 Å². The van der Waals surface area contributed by atoms with Crippen molar-refractivity contribution in [3.63, 3.8) is 0 Å². The number of nitrogens with two attached hydrogens (primary N) is 1. The van der Waals surface area contributed by atoms with Crippen molar-refractivity contribution >= 4 is 40.7 Å². The molecule has 31 heavy (non-hydrogen) atoms. The van der Waals surface area contributed by atoms with Gasteiger partial charge >= 0.3 is 0 Å². The number of aliphatic hydroxyl groups is 1. The first-order valence-corrected chi connectivity index (χ1v) is 11.0. The van der Waals surface area contributed by atoms with Crippen LogP contribution in [0.15, 0.2) is 36.8 Å². The average Bonchev–Trinajstić information content (AvgIpc) is 3.18. The number of aliphatic hydroxyl groups excluding tert-OH is 1. The average molecular weight is 462 g/mol. The largest absolute Gasteiger partial charge is 0.394 e. The van der Waals surface area contributed by atoms with Crippen LogP contribution in [0.25, 0.3) is 11.1 Å². The van der Waals surface area contributed by atoms with Gasteiger partial charge in [-0.15, -0.1) is 0 Å². The van der Waals surface area contributed by atoms with Gasteiger partial charge in [0.25, 0.3) is 0 Å². The monoisotopic (exact) mass is 461 g/mol. The van der Waals surface area contributed by atoms with Gasteiger partial charge in [-0.2, -0.15) is 10.1 Å². The molecular weight excluding hydrogens is 437 g/mol. The standard InChI is InChI=1S/C21H25Cl2N7O/c22-14-7-15(23)9-18(8-14)28-21-25-11-19(13-10-26-30(12-13)5-6-31)20(29-21)27-17-3-1-16(24)2-4-17/h7-12,16-17,31H,1-6,24H2,(H2,25,27,28,29). The van der Waals surface area contributed by atoms with Gasteiger partial charge in [-0.3, -0.25) is 4.68 Å². The number of halogens is 2. The molecule has 0 saturated heterocycles. The highest BCUT2D eigenvalue weighted by Gasteiger charge is 2.21.